The average molecular weight is 477 g/mol. The van der Waals surface area contributed by atoms with E-state index in [4.69, 9.17) is 9.15 Å². The van der Waals surface area contributed by atoms with E-state index >= 15 is 0 Å². The normalized spacial score (nSPS) is 15.4. The van der Waals surface area contributed by atoms with Crippen LogP contribution in [0.2, 0.25) is 0 Å². The van der Waals surface area contributed by atoms with Crippen LogP contribution in [0, 0.1) is 0 Å². The van der Waals surface area contributed by atoms with Crippen LogP contribution < -0.4 is 15.1 Å². The highest BCUT2D eigenvalue weighted by Gasteiger charge is 2.44. The number of ether oxygens (including phenoxy) is 1. The molecule has 154 valence electrons. The van der Waals surface area contributed by atoms with Crippen molar-refractivity contribution in [3.05, 3.63) is 98.4 Å². The number of rotatable bonds is 4. The van der Waals surface area contributed by atoms with Crippen LogP contribution in [0.25, 0.3) is 11.0 Å². The second-order valence-electron chi connectivity index (χ2n) is 7.08. The van der Waals surface area contributed by atoms with Crippen molar-refractivity contribution in [3.63, 3.8) is 0 Å². The lowest BCUT2D eigenvalue weighted by molar-refractivity contribution is 0.0970. The molecule has 2 aromatic carbocycles. The van der Waals surface area contributed by atoms with E-state index in [1.807, 2.05) is 31.2 Å². The molecule has 1 amide bonds. The average Bonchev–Trinajstić information content (AvgIpc) is 3.08. The third-order valence-corrected chi connectivity index (χ3v) is 5.73. The molecule has 0 bridgehead atoms. The molecule has 5 rings (SSSR count). The van der Waals surface area contributed by atoms with Crippen molar-refractivity contribution >= 4 is 38.6 Å². The summed E-state index contributed by atoms with van der Waals surface area (Å²) in [4.78, 5) is 32.8. The van der Waals surface area contributed by atoms with Crippen LogP contribution in [0.5, 0.6) is 5.75 Å². The molecule has 1 aliphatic heterocycles. The maximum absolute atomic E-state index is 13.5. The summed E-state index contributed by atoms with van der Waals surface area (Å²) in [7, 11) is 0. The SMILES string of the molecule is CCOc1ccc(C2c3c(oc4ccc(Br)cc4c3=O)C(=O)N2c2ccccn2)cc1. The molecular formula is C24H17BrN2O4. The zero-order valence-corrected chi connectivity index (χ0v) is 18.1. The van der Waals surface area contributed by atoms with E-state index in [1.165, 1.54) is 4.90 Å². The second-order valence-corrected chi connectivity index (χ2v) is 8.00. The lowest BCUT2D eigenvalue weighted by Gasteiger charge is -2.24. The molecule has 2 aromatic heterocycles. The van der Waals surface area contributed by atoms with Crippen LogP contribution in [0.1, 0.15) is 34.6 Å². The second kappa shape index (κ2) is 7.67. The Balaban J connectivity index is 1.76. The van der Waals surface area contributed by atoms with Crippen molar-refractivity contribution in [3.8, 4) is 5.75 Å². The van der Waals surface area contributed by atoms with Gasteiger partial charge in [-0.2, -0.15) is 0 Å². The summed E-state index contributed by atoms with van der Waals surface area (Å²) >= 11 is 3.41. The maximum atomic E-state index is 13.5. The highest BCUT2D eigenvalue weighted by atomic mass is 79.9. The van der Waals surface area contributed by atoms with Gasteiger partial charge in [0.2, 0.25) is 5.76 Å². The molecule has 0 fully saturated rings. The van der Waals surface area contributed by atoms with Crippen LogP contribution in [-0.4, -0.2) is 17.5 Å². The quantitative estimate of drug-likeness (QED) is 0.409. The summed E-state index contributed by atoms with van der Waals surface area (Å²) in [5, 5.41) is 0.416. The number of carbonyl (C=O) groups is 1. The first-order valence-electron chi connectivity index (χ1n) is 9.82. The molecule has 1 atom stereocenters. The van der Waals surface area contributed by atoms with Crippen LogP contribution >= 0.6 is 15.9 Å². The fourth-order valence-electron chi connectivity index (χ4n) is 3.91. The Bertz CT molecular complexity index is 1350. The number of hydrogen-bond acceptors (Lipinski definition) is 5. The van der Waals surface area contributed by atoms with Gasteiger partial charge in [0, 0.05) is 10.7 Å². The minimum absolute atomic E-state index is 0.0457. The smallest absolute Gasteiger partial charge is 0.296 e. The number of fused-ring (bicyclic) bond motifs is 2. The number of halogens is 1. The van der Waals surface area contributed by atoms with Gasteiger partial charge in [-0.15, -0.1) is 0 Å². The summed E-state index contributed by atoms with van der Waals surface area (Å²) in [6.45, 7) is 2.46. The van der Waals surface area contributed by atoms with Crippen molar-refractivity contribution in [2.24, 2.45) is 0 Å². The van der Waals surface area contributed by atoms with Gasteiger partial charge in [0.1, 0.15) is 17.2 Å². The number of hydrogen-bond donors (Lipinski definition) is 0. The van der Waals surface area contributed by atoms with Crippen LogP contribution in [-0.2, 0) is 0 Å². The molecular weight excluding hydrogens is 460 g/mol. The highest BCUT2D eigenvalue weighted by molar-refractivity contribution is 9.10. The molecule has 0 saturated heterocycles. The van der Waals surface area contributed by atoms with E-state index in [2.05, 4.69) is 20.9 Å². The summed E-state index contributed by atoms with van der Waals surface area (Å²) in [5.74, 6) is 0.816. The maximum Gasteiger partial charge on any atom is 0.296 e. The number of aromatic nitrogens is 1. The first-order chi connectivity index (χ1) is 15.1. The van der Waals surface area contributed by atoms with Gasteiger partial charge in [0.15, 0.2) is 5.43 Å². The van der Waals surface area contributed by atoms with Gasteiger partial charge in [-0.1, -0.05) is 34.1 Å². The zero-order chi connectivity index (χ0) is 21.5. The van der Waals surface area contributed by atoms with Crippen LogP contribution in [0.15, 0.2) is 80.5 Å². The molecule has 6 nitrogen and oxygen atoms in total. The minimum Gasteiger partial charge on any atom is -0.494 e. The molecule has 31 heavy (non-hydrogen) atoms. The first kappa shape index (κ1) is 19.5. The molecule has 0 aliphatic carbocycles. The molecule has 0 radical (unpaired) electrons. The van der Waals surface area contributed by atoms with Crippen molar-refractivity contribution in [2.45, 2.75) is 13.0 Å². The molecule has 3 heterocycles. The number of nitrogens with zero attached hydrogens (tertiary/aromatic N) is 2. The lowest BCUT2D eigenvalue weighted by atomic mass is 9.98. The summed E-state index contributed by atoms with van der Waals surface area (Å²) in [6.07, 6.45) is 1.61. The van der Waals surface area contributed by atoms with Gasteiger partial charge in [0.05, 0.1) is 23.6 Å². The Hall–Kier alpha value is -3.45. The summed E-state index contributed by atoms with van der Waals surface area (Å²) in [5.41, 5.74) is 1.21. The Kier molecular flexibility index (Phi) is 4.82. The first-order valence-corrected chi connectivity index (χ1v) is 10.6. The number of benzene rings is 2. The predicted octanol–water partition coefficient (Wildman–Crippen LogP) is 5.10. The molecule has 0 N–H and O–H groups in total. The Labute approximate surface area is 186 Å². The van der Waals surface area contributed by atoms with Crippen molar-refractivity contribution in [1.82, 2.24) is 4.98 Å². The standard InChI is InChI=1S/C24H17BrN2O4/c1-2-30-16-9-6-14(7-10-16)21-20-22(28)17-13-15(25)8-11-18(17)31-23(20)24(29)27(21)19-5-3-4-12-26-19/h3-13,21H,2H2,1H3. The topological polar surface area (TPSA) is 72.6 Å². The van der Waals surface area contributed by atoms with Gasteiger partial charge in [0.25, 0.3) is 5.91 Å². The van der Waals surface area contributed by atoms with Gasteiger partial charge < -0.3 is 9.15 Å². The molecule has 4 aromatic rings. The summed E-state index contributed by atoms with van der Waals surface area (Å²) < 4.78 is 12.3. The molecule has 1 unspecified atom stereocenters. The van der Waals surface area contributed by atoms with E-state index < -0.39 is 11.9 Å². The summed E-state index contributed by atoms with van der Waals surface area (Å²) in [6, 6.07) is 17.2. The number of amides is 1. The van der Waals surface area contributed by atoms with Crippen molar-refractivity contribution < 1.29 is 13.9 Å². The number of anilines is 1. The van der Waals surface area contributed by atoms with E-state index in [1.54, 1.807) is 42.6 Å². The molecule has 0 spiro atoms. The number of carbonyl (C=O) groups excluding carboxylic acids is 1. The molecule has 7 heteroatoms. The van der Waals surface area contributed by atoms with Crippen LogP contribution in [0.3, 0.4) is 0 Å². The van der Waals surface area contributed by atoms with Gasteiger partial charge >= 0.3 is 0 Å². The Morgan fingerprint density at radius 2 is 1.90 bits per heavy atom. The molecule has 0 saturated carbocycles. The monoisotopic (exact) mass is 476 g/mol. The zero-order valence-electron chi connectivity index (χ0n) is 16.5. The predicted molar refractivity (Wildman–Crippen MR) is 121 cm³/mol. The fraction of sp³-hybridized carbons (Fsp3) is 0.125. The van der Waals surface area contributed by atoms with E-state index in [0.717, 1.165) is 15.8 Å². The minimum atomic E-state index is -0.660. The third-order valence-electron chi connectivity index (χ3n) is 5.24. The Morgan fingerprint density at radius 1 is 1.10 bits per heavy atom. The lowest BCUT2D eigenvalue weighted by Crippen LogP contribution is -2.30. The van der Waals surface area contributed by atoms with E-state index in [-0.39, 0.29) is 11.2 Å². The highest BCUT2D eigenvalue weighted by Crippen LogP contribution is 2.41. The van der Waals surface area contributed by atoms with Crippen molar-refractivity contribution in [2.75, 3.05) is 11.5 Å². The largest absolute Gasteiger partial charge is 0.494 e. The van der Waals surface area contributed by atoms with E-state index in [0.29, 0.717) is 29.0 Å². The van der Waals surface area contributed by atoms with Gasteiger partial charge in [-0.3, -0.25) is 14.5 Å². The van der Waals surface area contributed by atoms with Crippen molar-refractivity contribution in [1.29, 1.82) is 0 Å². The Morgan fingerprint density at radius 3 is 2.61 bits per heavy atom. The molecule has 1 aliphatic rings. The van der Waals surface area contributed by atoms with Gasteiger partial charge in [-0.05, 0) is 55.0 Å². The third kappa shape index (κ3) is 3.21. The van der Waals surface area contributed by atoms with E-state index in [9.17, 15) is 9.59 Å². The van der Waals surface area contributed by atoms with Gasteiger partial charge in [-0.25, -0.2) is 4.98 Å². The van der Waals surface area contributed by atoms with Crippen LogP contribution in [0.4, 0.5) is 5.82 Å². The fourth-order valence-corrected chi connectivity index (χ4v) is 4.27. The number of pyridine rings is 1.